The van der Waals surface area contributed by atoms with Crippen molar-refractivity contribution < 1.29 is 14.3 Å². The lowest BCUT2D eigenvalue weighted by molar-refractivity contribution is 0.0830. The van der Waals surface area contributed by atoms with Crippen molar-refractivity contribution >= 4 is 22.2 Å². The topological polar surface area (TPSA) is 64.8 Å². The lowest BCUT2D eigenvalue weighted by Crippen LogP contribution is -2.22. The summed E-state index contributed by atoms with van der Waals surface area (Å²) in [6, 6.07) is 5.46. The van der Waals surface area contributed by atoms with Crippen molar-refractivity contribution in [3.63, 3.8) is 0 Å². The minimum Gasteiger partial charge on any atom is -0.497 e. The summed E-state index contributed by atoms with van der Waals surface area (Å²) in [7, 11) is 6.59. The number of hydrogen-bond acceptors (Lipinski definition) is 5. The highest BCUT2D eigenvalue weighted by Gasteiger charge is 2.22. The number of amides is 1. The van der Waals surface area contributed by atoms with Gasteiger partial charge in [-0.25, -0.2) is 0 Å². The van der Waals surface area contributed by atoms with Crippen molar-refractivity contribution in [1.82, 2.24) is 4.90 Å². The first-order valence-electron chi connectivity index (χ1n) is 6.30. The Labute approximate surface area is 127 Å². The molecule has 0 bridgehead atoms. The number of rotatable bonds is 4. The number of carbonyl (C=O) groups is 1. The van der Waals surface area contributed by atoms with Gasteiger partial charge in [-0.1, -0.05) is 0 Å². The first-order valence-corrected chi connectivity index (χ1v) is 7.18. The van der Waals surface area contributed by atoms with Gasteiger partial charge in [-0.05, 0) is 18.2 Å². The number of thiophene rings is 1. The first-order chi connectivity index (χ1) is 9.99. The van der Waals surface area contributed by atoms with Gasteiger partial charge in [-0.15, -0.1) is 11.3 Å². The number of nitrogens with two attached hydrogens (primary N) is 1. The number of methoxy groups -OCH3 is 2. The second kappa shape index (κ2) is 6.05. The maximum atomic E-state index is 12.4. The van der Waals surface area contributed by atoms with E-state index in [0.29, 0.717) is 22.1 Å². The number of nitrogens with zero attached hydrogens (tertiary/aromatic N) is 1. The third-order valence-corrected chi connectivity index (χ3v) is 3.95. The van der Waals surface area contributed by atoms with E-state index < -0.39 is 0 Å². The van der Waals surface area contributed by atoms with Crippen molar-refractivity contribution in [2.75, 3.05) is 34.0 Å². The maximum Gasteiger partial charge on any atom is 0.256 e. The van der Waals surface area contributed by atoms with Crippen LogP contribution >= 0.6 is 11.3 Å². The summed E-state index contributed by atoms with van der Waals surface area (Å²) in [6.45, 7) is 0. The molecule has 2 aromatic rings. The number of anilines is 1. The molecule has 1 aromatic carbocycles. The molecule has 0 atom stereocenters. The fraction of sp³-hybridized carbons (Fsp3) is 0.267. The van der Waals surface area contributed by atoms with E-state index in [4.69, 9.17) is 15.2 Å². The fourth-order valence-corrected chi connectivity index (χ4v) is 2.84. The molecule has 6 heteroatoms. The van der Waals surface area contributed by atoms with Crippen LogP contribution in [0.4, 0.5) is 5.00 Å². The predicted molar refractivity (Wildman–Crippen MR) is 85.3 cm³/mol. The Hall–Kier alpha value is -2.21. The zero-order valence-electron chi connectivity index (χ0n) is 12.5. The maximum absolute atomic E-state index is 12.4. The molecule has 1 heterocycles. The number of ether oxygens (including phenoxy) is 2. The molecule has 0 radical (unpaired) electrons. The van der Waals surface area contributed by atoms with E-state index in [1.165, 1.54) is 16.2 Å². The van der Waals surface area contributed by atoms with Crippen LogP contribution in [-0.2, 0) is 0 Å². The normalized spacial score (nSPS) is 10.3. The van der Waals surface area contributed by atoms with E-state index in [1.54, 1.807) is 28.3 Å². The van der Waals surface area contributed by atoms with Gasteiger partial charge in [-0.2, -0.15) is 0 Å². The molecule has 0 spiro atoms. The van der Waals surface area contributed by atoms with E-state index in [2.05, 4.69) is 0 Å². The van der Waals surface area contributed by atoms with Crippen LogP contribution in [0, 0.1) is 0 Å². The van der Waals surface area contributed by atoms with Crippen LogP contribution < -0.4 is 15.2 Å². The van der Waals surface area contributed by atoms with Gasteiger partial charge in [0.25, 0.3) is 5.91 Å². The third kappa shape index (κ3) is 2.80. The van der Waals surface area contributed by atoms with Gasteiger partial charge >= 0.3 is 0 Å². The van der Waals surface area contributed by atoms with Gasteiger partial charge < -0.3 is 20.1 Å². The molecule has 2 N–H and O–H groups in total. The van der Waals surface area contributed by atoms with Gasteiger partial charge in [0.2, 0.25) is 0 Å². The molecule has 0 unspecified atom stereocenters. The van der Waals surface area contributed by atoms with Crippen LogP contribution in [0.15, 0.2) is 23.6 Å². The van der Waals surface area contributed by atoms with Crippen molar-refractivity contribution in [1.29, 1.82) is 0 Å². The Morgan fingerprint density at radius 1 is 1.19 bits per heavy atom. The van der Waals surface area contributed by atoms with E-state index in [-0.39, 0.29) is 5.91 Å². The highest BCUT2D eigenvalue weighted by molar-refractivity contribution is 7.15. The highest BCUT2D eigenvalue weighted by atomic mass is 32.1. The van der Waals surface area contributed by atoms with Gasteiger partial charge in [0, 0.05) is 30.6 Å². The molecule has 0 aliphatic heterocycles. The van der Waals surface area contributed by atoms with Crippen LogP contribution in [0.25, 0.3) is 11.1 Å². The lowest BCUT2D eigenvalue weighted by atomic mass is 10.0. The largest absolute Gasteiger partial charge is 0.497 e. The molecule has 0 saturated carbocycles. The molecular formula is C15H18N2O3S. The smallest absolute Gasteiger partial charge is 0.256 e. The van der Waals surface area contributed by atoms with E-state index in [0.717, 1.165) is 11.1 Å². The third-order valence-electron chi connectivity index (χ3n) is 3.14. The molecule has 0 fully saturated rings. The van der Waals surface area contributed by atoms with Crippen molar-refractivity contribution in [2.24, 2.45) is 0 Å². The van der Waals surface area contributed by atoms with E-state index >= 15 is 0 Å². The van der Waals surface area contributed by atoms with Crippen LogP contribution in [-0.4, -0.2) is 39.1 Å². The van der Waals surface area contributed by atoms with Crippen molar-refractivity contribution in [3.8, 4) is 22.6 Å². The van der Waals surface area contributed by atoms with Crippen LogP contribution in [0.3, 0.4) is 0 Å². The van der Waals surface area contributed by atoms with Gasteiger partial charge in [-0.3, -0.25) is 4.79 Å². The Kier molecular flexibility index (Phi) is 4.37. The molecule has 112 valence electrons. The quantitative estimate of drug-likeness (QED) is 0.943. The number of carbonyl (C=O) groups excluding carboxylic acids is 1. The van der Waals surface area contributed by atoms with E-state index in [1.807, 2.05) is 23.6 Å². The standard InChI is InChI=1S/C15H18N2O3S/c1-17(2)15(18)13-11(8-21-14(13)16)10-7-9(19-3)5-6-12(10)20-4/h5-8H,16H2,1-4H3. The SMILES string of the molecule is COc1ccc(OC)c(-c2csc(N)c2C(=O)N(C)C)c1. The zero-order chi connectivity index (χ0) is 15.6. The molecule has 0 aliphatic carbocycles. The summed E-state index contributed by atoms with van der Waals surface area (Å²) < 4.78 is 10.6. The van der Waals surface area contributed by atoms with Gasteiger partial charge in [0.05, 0.1) is 24.8 Å². The molecule has 0 saturated heterocycles. The summed E-state index contributed by atoms with van der Waals surface area (Å²) in [4.78, 5) is 13.9. The Morgan fingerprint density at radius 3 is 2.48 bits per heavy atom. The molecule has 1 amide bonds. The Balaban J connectivity index is 2.65. The van der Waals surface area contributed by atoms with Crippen LogP contribution in [0.5, 0.6) is 11.5 Å². The molecule has 0 aliphatic rings. The van der Waals surface area contributed by atoms with E-state index in [9.17, 15) is 4.79 Å². The fourth-order valence-electron chi connectivity index (χ4n) is 2.04. The predicted octanol–water partition coefficient (Wildman–Crippen LogP) is 2.72. The highest BCUT2D eigenvalue weighted by Crippen LogP contribution is 2.40. The summed E-state index contributed by atoms with van der Waals surface area (Å²) in [5.41, 5.74) is 8.02. The second-order valence-electron chi connectivity index (χ2n) is 4.65. The Morgan fingerprint density at radius 2 is 1.90 bits per heavy atom. The summed E-state index contributed by atoms with van der Waals surface area (Å²) in [6.07, 6.45) is 0. The van der Waals surface area contributed by atoms with Crippen LogP contribution in [0.1, 0.15) is 10.4 Å². The number of hydrogen-bond donors (Lipinski definition) is 1. The zero-order valence-corrected chi connectivity index (χ0v) is 13.3. The van der Waals surface area contributed by atoms with Crippen molar-refractivity contribution in [2.45, 2.75) is 0 Å². The minimum absolute atomic E-state index is 0.131. The monoisotopic (exact) mass is 306 g/mol. The molecule has 2 rings (SSSR count). The first kappa shape index (κ1) is 15.2. The molecule has 21 heavy (non-hydrogen) atoms. The average molecular weight is 306 g/mol. The van der Waals surface area contributed by atoms with Gasteiger partial charge in [0.1, 0.15) is 11.5 Å². The summed E-state index contributed by atoms with van der Waals surface area (Å²) in [5, 5.41) is 2.36. The minimum atomic E-state index is -0.131. The van der Waals surface area contributed by atoms with Crippen LogP contribution in [0.2, 0.25) is 0 Å². The van der Waals surface area contributed by atoms with Crippen molar-refractivity contribution in [3.05, 3.63) is 29.1 Å². The summed E-state index contributed by atoms with van der Waals surface area (Å²) in [5.74, 6) is 1.23. The molecule has 1 aromatic heterocycles. The summed E-state index contributed by atoms with van der Waals surface area (Å²) >= 11 is 1.34. The number of nitrogen functional groups attached to an aromatic ring is 1. The molecule has 5 nitrogen and oxygen atoms in total. The Bertz CT molecular complexity index is 665. The lowest BCUT2D eigenvalue weighted by Gasteiger charge is -2.14. The average Bonchev–Trinajstić information content (AvgIpc) is 2.87. The molecular weight excluding hydrogens is 288 g/mol. The van der Waals surface area contributed by atoms with Gasteiger partial charge in [0.15, 0.2) is 0 Å². The second-order valence-corrected chi connectivity index (χ2v) is 5.57. The number of benzene rings is 1.